The number of aromatic nitrogens is 2. The second-order valence-electron chi connectivity index (χ2n) is 7.22. The Kier molecular flexibility index (Phi) is 12.7. The van der Waals surface area contributed by atoms with E-state index in [-0.39, 0.29) is 29.5 Å². The van der Waals surface area contributed by atoms with Crippen LogP contribution in [0.3, 0.4) is 0 Å². The predicted molar refractivity (Wildman–Crippen MR) is 131 cm³/mol. The highest BCUT2D eigenvalue weighted by Crippen LogP contribution is 2.25. The number of nitrogens with one attached hydrogen (secondary N) is 4. The average Bonchev–Trinajstić information content (AvgIpc) is 3.60. The van der Waals surface area contributed by atoms with E-state index in [2.05, 4.69) is 36.9 Å². The van der Waals surface area contributed by atoms with E-state index in [1.165, 1.54) is 18.4 Å². The van der Waals surface area contributed by atoms with Crippen molar-refractivity contribution < 1.29 is 49.1 Å². The minimum Gasteiger partial charge on any atom is -0.459 e. The Morgan fingerprint density at radius 2 is 1.79 bits per heavy atom. The Morgan fingerprint density at radius 1 is 1.05 bits per heavy atom. The van der Waals surface area contributed by atoms with Crippen molar-refractivity contribution in [3.8, 4) is 0 Å². The summed E-state index contributed by atoms with van der Waals surface area (Å²) in [4.78, 5) is 47.3. The molecule has 17 nitrogen and oxygen atoms in total. The zero-order valence-corrected chi connectivity index (χ0v) is 21.0. The molecule has 9 N–H and O–H groups in total. The van der Waals surface area contributed by atoms with Crippen LogP contribution in [0, 0.1) is 0 Å². The quantitative estimate of drug-likeness (QED) is 0.0469. The van der Waals surface area contributed by atoms with Gasteiger partial charge in [-0.2, -0.15) is 5.10 Å². The second-order valence-corrected chi connectivity index (χ2v) is 9.42. The number of thioether (sulfide) groups is 1. The van der Waals surface area contributed by atoms with E-state index in [1.807, 2.05) is 0 Å². The lowest BCUT2D eigenvalue weighted by Crippen LogP contribution is -2.46. The highest BCUT2D eigenvalue weighted by atomic mass is 32.2. The van der Waals surface area contributed by atoms with Gasteiger partial charge in [-0.25, -0.2) is 5.43 Å². The molecule has 2 aromatic heterocycles. The van der Waals surface area contributed by atoms with Gasteiger partial charge in [0.2, 0.25) is 22.9 Å². The lowest BCUT2D eigenvalue weighted by atomic mass is 10.0. The van der Waals surface area contributed by atoms with Gasteiger partial charge in [-0.05, 0) is 12.1 Å². The van der Waals surface area contributed by atoms with E-state index >= 15 is 0 Å². The smallest absolute Gasteiger partial charge is 0.305 e. The molecule has 0 unspecified atom stereocenters. The number of carbonyl (C=O) groups is 4. The minimum absolute atomic E-state index is 0.00407. The number of aliphatic hydroxyl groups excluding tert-OH is 5. The van der Waals surface area contributed by atoms with Crippen LogP contribution in [0.2, 0.25) is 0 Å². The Bertz CT molecular complexity index is 1100. The van der Waals surface area contributed by atoms with Crippen molar-refractivity contribution >= 4 is 58.1 Å². The van der Waals surface area contributed by atoms with E-state index in [9.17, 15) is 39.6 Å². The van der Waals surface area contributed by atoms with E-state index in [0.29, 0.717) is 4.34 Å². The van der Waals surface area contributed by atoms with Crippen LogP contribution in [0.5, 0.6) is 0 Å². The van der Waals surface area contributed by atoms with Crippen LogP contribution in [0.4, 0.5) is 5.13 Å². The summed E-state index contributed by atoms with van der Waals surface area (Å²) in [5.74, 6) is -2.58. The molecule has 38 heavy (non-hydrogen) atoms. The van der Waals surface area contributed by atoms with Crippen molar-refractivity contribution in [2.75, 3.05) is 17.7 Å². The first-order valence-corrected chi connectivity index (χ1v) is 12.4. The monoisotopic (exact) mass is 575 g/mol. The number of carbonyl (C=O) groups excluding carboxylic acids is 4. The first-order valence-electron chi connectivity index (χ1n) is 10.6. The third kappa shape index (κ3) is 10.5. The van der Waals surface area contributed by atoms with Gasteiger partial charge in [-0.15, -0.1) is 10.2 Å². The molecule has 2 rings (SSSR count). The first-order chi connectivity index (χ1) is 18.1. The average molecular weight is 576 g/mol. The molecule has 4 amide bonds. The van der Waals surface area contributed by atoms with Gasteiger partial charge < -0.3 is 35.3 Å². The molecule has 0 aliphatic carbocycles. The number of anilines is 1. The molecule has 4 atom stereocenters. The van der Waals surface area contributed by atoms with E-state index in [1.54, 1.807) is 0 Å². The maximum atomic E-state index is 12.0. The van der Waals surface area contributed by atoms with Gasteiger partial charge in [0.05, 0.1) is 24.8 Å². The SMILES string of the molecule is O=C(CSc1nnc(NC(=O)CCC(=O)NNC(=O)c2ccco2)s1)N/N=C/[C@@H](O)[C@@H](O)[C@H](O)[C@H](O)CO. The molecule has 0 bridgehead atoms. The lowest BCUT2D eigenvalue weighted by molar-refractivity contribution is -0.124. The van der Waals surface area contributed by atoms with E-state index in [4.69, 9.17) is 9.52 Å². The molecule has 0 aliphatic rings. The highest BCUT2D eigenvalue weighted by molar-refractivity contribution is 8.01. The van der Waals surface area contributed by atoms with Crippen LogP contribution >= 0.6 is 23.1 Å². The fraction of sp³-hybridized carbons (Fsp3) is 0.421. The number of nitrogens with zero attached hydrogens (tertiary/aromatic N) is 3. The molecule has 0 fully saturated rings. The number of furan rings is 1. The van der Waals surface area contributed by atoms with Crippen molar-refractivity contribution in [2.24, 2.45) is 5.10 Å². The van der Waals surface area contributed by atoms with Crippen molar-refractivity contribution in [1.29, 1.82) is 0 Å². The number of aliphatic hydroxyl groups is 5. The van der Waals surface area contributed by atoms with Crippen molar-refractivity contribution in [3.63, 3.8) is 0 Å². The molecule has 0 radical (unpaired) electrons. The van der Waals surface area contributed by atoms with Gasteiger partial charge >= 0.3 is 5.91 Å². The molecule has 0 aromatic carbocycles. The van der Waals surface area contributed by atoms with Crippen molar-refractivity contribution in [1.82, 2.24) is 26.5 Å². The number of rotatable bonds is 14. The van der Waals surface area contributed by atoms with Crippen LogP contribution in [0.15, 0.2) is 32.3 Å². The molecule has 0 spiro atoms. The summed E-state index contributed by atoms with van der Waals surface area (Å²) in [6.07, 6.45) is -5.51. The molecule has 208 valence electrons. The van der Waals surface area contributed by atoms with Gasteiger partial charge in [-0.1, -0.05) is 23.1 Å². The fourth-order valence-corrected chi connectivity index (χ4v) is 3.92. The molecule has 0 saturated heterocycles. The van der Waals surface area contributed by atoms with Gasteiger partial charge in [0.15, 0.2) is 10.1 Å². The summed E-state index contributed by atoms with van der Waals surface area (Å²) in [6, 6.07) is 2.91. The third-order valence-corrected chi connectivity index (χ3v) is 6.29. The molecule has 2 aromatic rings. The Morgan fingerprint density at radius 3 is 2.47 bits per heavy atom. The Balaban J connectivity index is 1.65. The zero-order chi connectivity index (χ0) is 28.1. The van der Waals surface area contributed by atoms with Gasteiger partial charge in [0.25, 0.3) is 0 Å². The third-order valence-electron chi connectivity index (χ3n) is 4.32. The topological polar surface area (TPSA) is 269 Å². The normalized spacial score (nSPS) is 14.3. The summed E-state index contributed by atoms with van der Waals surface area (Å²) < 4.78 is 5.20. The Labute approximate surface area is 222 Å². The molecular formula is C19H25N7O10S2. The number of amides is 4. The van der Waals surface area contributed by atoms with Crippen LogP contribution in [-0.2, 0) is 14.4 Å². The lowest BCUT2D eigenvalue weighted by Gasteiger charge is -2.23. The molecule has 2 heterocycles. The summed E-state index contributed by atoms with van der Waals surface area (Å²) >= 11 is 1.93. The number of hydrazine groups is 1. The molecule has 19 heteroatoms. The first kappa shape index (κ1) is 30.8. The van der Waals surface area contributed by atoms with Crippen molar-refractivity contribution in [2.45, 2.75) is 41.6 Å². The van der Waals surface area contributed by atoms with Crippen molar-refractivity contribution in [3.05, 3.63) is 24.2 Å². The van der Waals surface area contributed by atoms with Crippen LogP contribution in [0.25, 0.3) is 0 Å². The largest absolute Gasteiger partial charge is 0.459 e. The minimum atomic E-state index is -1.86. The van der Waals surface area contributed by atoms with Crippen LogP contribution < -0.4 is 21.6 Å². The van der Waals surface area contributed by atoms with Crippen LogP contribution in [-0.4, -0.2) is 102 Å². The van der Waals surface area contributed by atoms with E-state index in [0.717, 1.165) is 29.3 Å². The number of hydrazone groups is 1. The standard InChI is InChI=1S/C19H25N7O10S2/c27-7-10(29)16(34)15(33)9(28)6-20-22-14(32)8-37-19-26-25-18(38-19)21-12(30)3-4-13(31)23-24-17(35)11-2-1-5-36-11/h1-2,5-6,9-10,15-16,27-29,33-34H,3-4,7-8H2,(H,22,32)(H,23,31)(H,24,35)(H,21,25,30)/b20-6+/t9-,10-,15-,16-/m1/s1. The molecule has 0 saturated carbocycles. The van der Waals surface area contributed by atoms with E-state index < -0.39 is 54.7 Å². The van der Waals surface area contributed by atoms with Gasteiger partial charge in [0.1, 0.15) is 24.4 Å². The van der Waals surface area contributed by atoms with Gasteiger partial charge in [0, 0.05) is 12.8 Å². The predicted octanol–water partition coefficient (Wildman–Crippen LogP) is -3.06. The summed E-state index contributed by atoms with van der Waals surface area (Å²) in [5, 5.41) is 60.4. The second kappa shape index (κ2) is 15.7. The summed E-state index contributed by atoms with van der Waals surface area (Å²) in [5.41, 5.74) is 6.36. The maximum absolute atomic E-state index is 12.0. The fourth-order valence-electron chi connectivity index (χ4n) is 2.36. The number of hydrogen-bond donors (Lipinski definition) is 9. The molecule has 0 aliphatic heterocycles. The molecular weight excluding hydrogens is 550 g/mol. The Hall–Kier alpha value is -3.46. The summed E-state index contributed by atoms with van der Waals surface area (Å²) in [7, 11) is 0. The van der Waals surface area contributed by atoms with Gasteiger partial charge in [-0.3, -0.25) is 30.0 Å². The zero-order valence-electron chi connectivity index (χ0n) is 19.4. The summed E-state index contributed by atoms with van der Waals surface area (Å²) in [6.45, 7) is -0.835. The highest BCUT2D eigenvalue weighted by Gasteiger charge is 2.29. The maximum Gasteiger partial charge on any atom is 0.305 e. The number of hydrogen-bond acceptors (Lipinski definition) is 15. The van der Waals surface area contributed by atoms with Crippen LogP contribution in [0.1, 0.15) is 23.4 Å².